The van der Waals surface area contributed by atoms with Crippen molar-refractivity contribution in [1.29, 1.82) is 0 Å². The first-order valence-electron chi connectivity index (χ1n) is 8.73. The van der Waals surface area contributed by atoms with Crippen LogP contribution in [0.3, 0.4) is 0 Å². The third kappa shape index (κ3) is 2.72. The zero-order valence-electron chi connectivity index (χ0n) is 15.0. The predicted molar refractivity (Wildman–Crippen MR) is 101 cm³/mol. The molecule has 0 aromatic carbocycles. The Labute approximate surface area is 154 Å². The number of aryl methyl sites for hydroxylation is 2. The zero-order chi connectivity index (χ0) is 18.4. The number of nitrogens with zero attached hydrogens (tertiary/aromatic N) is 7. The lowest BCUT2D eigenvalue weighted by Crippen LogP contribution is -2.05. The summed E-state index contributed by atoms with van der Waals surface area (Å²) in [4.78, 5) is 13.4. The van der Waals surface area contributed by atoms with Gasteiger partial charge in [-0.2, -0.15) is 10.2 Å². The minimum atomic E-state index is 0.520. The standard InChI is InChI=1S/C18H18N8O/c1-11-7-15-20-10-21-26(15)9-13(11)22-18-19-8-14-17(23-18)16(24-25(14)2)12-3-5-27-6-4-12/h3,7-10H,4-6H2,1-2H3,(H,19,22,23). The molecular weight excluding hydrogens is 344 g/mol. The molecule has 9 heteroatoms. The van der Waals surface area contributed by atoms with Crippen LogP contribution in [0.15, 0.2) is 30.9 Å². The third-order valence-corrected chi connectivity index (χ3v) is 4.73. The van der Waals surface area contributed by atoms with E-state index in [9.17, 15) is 0 Å². The van der Waals surface area contributed by atoms with Crippen molar-refractivity contribution in [3.05, 3.63) is 42.1 Å². The first-order valence-corrected chi connectivity index (χ1v) is 8.73. The molecule has 5 rings (SSSR count). The monoisotopic (exact) mass is 362 g/mol. The van der Waals surface area contributed by atoms with Gasteiger partial charge in [-0.3, -0.25) is 4.68 Å². The minimum Gasteiger partial charge on any atom is -0.377 e. The lowest BCUT2D eigenvalue weighted by atomic mass is 10.1. The molecule has 9 nitrogen and oxygen atoms in total. The third-order valence-electron chi connectivity index (χ3n) is 4.73. The van der Waals surface area contributed by atoms with Crippen LogP contribution in [0.2, 0.25) is 0 Å². The maximum Gasteiger partial charge on any atom is 0.227 e. The van der Waals surface area contributed by atoms with Gasteiger partial charge in [0.05, 0.1) is 31.3 Å². The molecule has 0 spiro atoms. The van der Waals surface area contributed by atoms with E-state index in [4.69, 9.17) is 9.72 Å². The number of hydrogen-bond acceptors (Lipinski definition) is 7. The molecule has 4 aromatic heterocycles. The highest BCUT2D eigenvalue weighted by Gasteiger charge is 2.17. The Hall–Kier alpha value is -3.33. The fourth-order valence-corrected chi connectivity index (χ4v) is 3.27. The number of fused-ring (bicyclic) bond motifs is 2. The number of pyridine rings is 1. The van der Waals surface area contributed by atoms with E-state index in [2.05, 4.69) is 31.6 Å². The van der Waals surface area contributed by atoms with Crippen LogP contribution in [0.4, 0.5) is 11.6 Å². The lowest BCUT2D eigenvalue weighted by Gasteiger charge is -2.12. The van der Waals surface area contributed by atoms with Crippen LogP contribution < -0.4 is 5.32 Å². The first-order chi connectivity index (χ1) is 13.2. The highest BCUT2D eigenvalue weighted by Crippen LogP contribution is 2.28. The van der Waals surface area contributed by atoms with Gasteiger partial charge in [-0.05, 0) is 30.5 Å². The number of rotatable bonds is 3. The molecule has 4 aromatic rings. The Bertz CT molecular complexity index is 1190. The molecule has 0 saturated heterocycles. The van der Waals surface area contributed by atoms with Crippen LogP contribution in [0.25, 0.3) is 22.3 Å². The molecular formula is C18H18N8O. The Morgan fingerprint density at radius 1 is 1.26 bits per heavy atom. The van der Waals surface area contributed by atoms with Crippen molar-refractivity contribution in [2.24, 2.45) is 7.05 Å². The van der Waals surface area contributed by atoms with Crippen LogP contribution in [0.1, 0.15) is 17.7 Å². The summed E-state index contributed by atoms with van der Waals surface area (Å²) in [6.45, 7) is 3.33. The minimum absolute atomic E-state index is 0.520. The summed E-state index contributed by atoms with van der Waals surface area (Å²) in [5.41, 5.74) is 6.51. The molecule has 1 aliphatic heterocycles. The second-order valence-corrected chi connectivity index (χ2v) is 6.51. The van der Waals surface area contributed by atoms with Crippen LogP contribution in [-0.4, -0.2) is 47.6 Å². The summed E-state index contributed by atoms with van der Waals surface area (Å²) in [5.74, 6) is 0.520. The van der Waals surface area contributed by atoms with E-state index in [1.807, 2.05) is 30.9 Å². The summed E-state index contributed by atoms with van der Waals surface area (Å²) < 4.78 is 8.95. The average molecular weight is 362 g/mol. The maximum atomic E-state index is 5.42. The number of anilines is 2. The van der Waals surface area contributed by atoms with Crippen LogP contribution in [-0.2, 0) is 11.8 Å². The van der Waals surface area contributed by atoms with Crippen molar-refractivity contribution in [3.8, 4) is 0 Å². The van der Waals surface area contributed by atoms with Gasteiger partial charge in [0, 0.05) is 7.05 Å². The van der Waals surface area contributed by atoms with Crippen molar-refractivity contribution in [3.63, 3.8) is 0 Å². The maximum absolute atomic E-state index is 5.42. The van der Waals surface area contributed by atoms with Crippen molar-refractivity contribution < 1.29 is 4.74 Å². The highest BCUT2D eigenvalue weighted by atomic mass is 16.5. The summed E-state index contributed by atoms with van der Waals surface area (Å²) in [6.07, 6.45) is 8.12. The molecule has 0 fully saturated rings. The van der Waals surface area contributed by atoms with Crippen molar-refractivity contribution in [2.75, 3.05) is 18.5 Å². The van der Waals surface area contributed by atoms with E-state index in [-0.39, 0.29) is 0 Å². The van der Waals surface area contributed by atoms with Gasteiger partial charge in [0.25, 0.3) is 0 Å². The van der Waals surface area contributed by atoms with Crippen LogP contribution >= 0.6 is 0 Å². The van der Waals surface area contributed by atoms with E-state index in [1.54, 1.807) is 10.7 Å². The van der Waals surface area contributed by atoms with Gasteiger partial charge in [0.1, 0.15) is 23.1 Å². The Morgan fingerprint density at radius 2 is 2.19 bits per heavy atom. The van der Waals surface area contributed by atoms with Crippen molar-refractivity contribution in [1.82, 2.24) is 34.3 Å². The van der Waals surface area contributed by atoms with Gasteiger partial charge in [-0.1, -0.05) is 6.08 Å². The summed E-state index contributed by atoms with van der Waals surface area (Å²) in [6, 6.07) is 1.97. The zero-order valence-corrected chi connectivity index (χ0v) is 15.0. The summed E-state index contributed by atoms with van der Waals surface area (Å²) in [5, 5.41) is 12.1. The van der Waals surface area contributed by atoms with E-state index < -0.39 is 0 Å². The molecule has 1 aliphatic rings. The van der Waals surface area contributed by atoms with Crippen LogP contribution in [0, 0.1) is 6.92 Å². The molecule has 0 atom stereocenters. The molecule has 1 N–H and O–H groups in total. The van der Waals surface area contributed by atoms with E-state index in [0.29, 0.717) is 19.2 Å². The SMILES string of the molecule is Cc1cc2ncnn2cc1Nc1ncc2c(n1)c(C1=CCOCC1)nn2C. The van der Waals surface area contributed by atoms with Gasteiger partial charge in [0.15, 0.2) is 5.65 Å². The second-order valence-electron chi connectivity index (χ2n) is 6.51. The summed E-state index contributed by atoms with van der Waals surface area (Å²) >= 11 is 0. The predicted octanol–water partition coefficient (Wildman–Crippen LogP) is 2.26. The Balaban J connectivity index is 1.57. The summed E-state index contributed by atoms with van der Waals surface area (Å²) in [7, 11) is 1.91. The average Bonchev–Trinajstić information content (AvgIpc) is 3.26. The smallest absolute Gasteiger partial charge is 0.227 e. The molecule has 136 valence electrons. The number of hydrogen-bond donors (Lipinski definition) is 1. The molecule has 0 unspecified atom stereocenters. The van der Waals surface area contributed by atoms with Gasteiger partial charge < -0.3 is 10.1 Å². The highest BCUT2D eigenvalue weighted by molar-refractivity contribution is 5.88. The quantitative estimate of drug-likeness (QED) is 0.597. The molecule has 0 bridgehead atoms. The van der Waals surface area contributed by atoms with E-state index in [0.717, 1.165) is 45.6 Å². The number of nitrogens with one attached hydrogen (secondary N) is 1. The normalized spacial score (nSPS) is 14.7. The van der Waals surface area contributed by atoms with Gasteiger partial charge in [-0.25, -0.2) is 19.5 Å². The Kier molecular flexibility index (Phi) is 3.61. The van der Waals surface area contributed by atoms with Crippen molar-refractivity contribution in [2.45, 2.75) is 13.3 Å². The fraction of sp³-hybridized carbons (Fsp3) is 0.278. The molecule has 0 saturated carbocycles. The van der Waals surface area contributed by atoms with Crippen LogP contribution in [0.5, 0.6) is 0 Å². The molecule has 5 heterocycles. The lowest BCUT2D eigenvalue weighted by molar-refractivity contribution is 0.161. The van der Waals surface area contributed by atoms with Gasteiger partial charge in [0.2, 0.25) is 5.95 Å². The Morgan fingerprint density at radius 3 is 3.04 bits per heavy atom. The van der Waals surface area contributed by atoms with E-state index >= 15 is 0 Å². The van der Waals surface area contributed by atoms with Gasteiger partial charge in [-0.15, -0.1) is 0 Å². The largest absolute Gasteiger partial charge is 0.377 e. The number of ether oxygens (including phenoxy) is 1. The second kappa shape index (κ2) is 6.13. The van der Waals surface area contributed by atoms with E-state index in [1.165, 1.54) is 6.33 Å². The number of aromatic nitrogens is 7. The first kappa shape index (κ1) is 15.9. The molecule has 0 amide bonds. The molecule has 27 heavy (non-hydrogen) atoms. The fourth-order valence-electron chi connectivity index (χ4n) is 3.27. The van der Waals surface area contributed by atoms with Crippen molar-refractivity contribution >= 4 is 33.9 Å². The van der Waals surface area contributed by atoms with Gasteiger partial charge >= 0.3 is 0 Å². The molecule has 0 aliphatic carbocycles. The topological polar surface area (TPSA) is 95.1 Å². The molecule has 0 radical (unpaired) electrons.